The SMILES string of the molecule is C=CCN(C(=O)C1N([C@H](CO)c2ccccc2)C(=O)[C@@H]2[C@@H](C(=O)O)[C@@]3(CC)CCC12O3)c1ccc(N(CC)CC)cc1. The number of benzene rings is 2. The van der Waals surface area contributed by atoms with Crippen molar-refractivity contribution < 1.29 is 29.3 Å². The fourth-order valence-corrected chi connectivity index (χ4v) is 7.71. The van der Waals surface area contributed by atoms with Crippen molar-refractivity contribution >= 4 is 29.2 Å². The number of carbonyl (C=O) groups is 3. The van der Waals surface area contributed by atoms with Crippen LogP contribution in [-0.4, -0.2) is 76.4 Å². The molecular formula is C33H41N3O6. The highest BCUT2D eigenvalue weighted by Crippen LogP contribution is 2.65. The number of carboxylic acids is 1. The summed E-state index contributed by atoms with van der Waals surface area (Å²) in [7, 11) is 0. The monoisotopic (exact) mass is 575 g/mol. The van der Waals surface area contributed by atoms with Gasteiger partial charge >= 0.3 is 5.97 Å². The van der Waals surface area contributed by atoms with Gasteiger partial charge in [-0.25, -0.2) is 0 Å². The van der Waals surface area contributed by atoms with Gasteiger partial charge in [-0.2, -0.15) is 0 Å². The third-order valence-electron chi connectivity index (χ3n) is 9.68. The quantitative estimate of drug-likeness (QED) is 0.368. The topological polar surface area (TPSA) is 111 Å². The van der Waals surface area contributed by atoms with Crippen LogP contribution in [-0.2, 0) is 19.1 Å². The molecule has 3 fully saturated rings. The highest BCUT2D eigenvalue weighted by Gasteiger charge is 2.79. The number of fused-ring (bicyclic) bond motifs is 1. The second kappa shape index (κ2) is 11.5. The van der Waals surface area contributed by atoms with E-state index in [4.69, 9.17) is 4.74 Å². The number of hydrogen-bond acceptors (Lipinski definition) is 6. The molecule has 0 saturated carbocycles. The predicted molar refractivity (Wildman–Crippen MR) is 160 cm³/mol. The summed E-state index contributed by atoms with van der Waals surface area (Å²) in [4.78, 5) is 47.2. The van der Waals surface area contributed by atoms with E-state index in [1.165, 1.54) is 4.90 Å². The Morgan fingerprint density at radius 3 is 2.26 bits per heavy atom. The Morgan fingerprint density at radius 1 is 1.07 bits per heavy atom. The van der Waals surface area contributed by atoms with Gasteiger partial charge in [-0.15, -0.1) is 6.58 Å². The van der Waals surface area contributed by atoms with Crippen LogP contribution in [0.15, 0.2) is 67.3 Å². The molecule has 9 nitrogen and oxygen atoms in total. The van der Waals surface area contributed by atoms with Gasteiger partial charge in [0, 0.05) is 31.0 Å². The first-order valence-electron chi connectivity index (χ1n) is 14.9. The Morgan fingerprint density at radius 2 is 1.71 bits per heavy atom. The molecule has 2 bridgehead atoms. The van der Waals surface area contributed by atoms with Gasteiger partial charge in [0.15, 0.2) is 0 Å². The number of hydrogen-bond donors (Lipinski definition) is 2. The van der Waals surface area contributed by atoms with Crippen LogP contribution in [0.4, 0.5) is 11.4 Å². The van der Waals surface area contributed by atoms with Crippen LogP contribution >= 0.6 is 0 Å². The van der Waals surface area contributed by atoms with Gasteiger partial charge in [-0.3, -0.25) is 14.4 Å². The zero-order valence-electron chi connectivity index (χ0n) is 24.6. The van der Waals surface area contributed by atoms with Crippen molar-refractivity contribution in [3.05, 3.63) is 72.8 Å². The number of amides is 2. The summed E-state index contributed by atoms with van der Waals surface area (Å²) >= 11 is 0. The number of rotatable bonds is 12. The Balaban J connectivity index is 1.63. The minimum atomic E-state index is -1.32. The lowest BCUT2D eigenvalue weighted by Crippen LogP contribution is -2.57. The van der Waals surface area contributed by atoms with Crippen molar-refractivity contribution in [3.8, 4) is 0 Å². The molecule has 0 aliphatic carbocycles. The molecule has 1 spiro atoms. The second-order valence-corrected chi connectivity index (χ2v) is 11.5. The van der Waals surface area contributed by atoms with E-state index in [2.05, 4.69) is 25.3 Å². The van der Waals surface area contributed by atoms with E-state index < -0.39 is 53.6 Å². The number of nitrogens with zero attached hydrogens (tertiary/aromatic N) is 3. The largest absolute Gasteiger partial charge is 0.481 e. The van der Waals surface area contributed by atoms with Crippen molar-refractivity contribution in [2.24, 2.45) is 11.8 Å². The molecule has 3 aliphatic heterocycles. The zero-order chi connectivity index (χ0) is 30.2. The molecule has 9 heteroatoms. The number of carbonyl (C=O) groups excluding carboxylic acids is 2. The third kappa shape index (κ3) is 4.41. The summed E-state index contributed by atoms with van der Waals surface area (Å²) in [6.07, 6.45) is 2.87. The minimum Gasteiger partial charge on any atom is -0.481 e. The average molecular weight is 576 g/mol. The number of anilines is 2. The Bertz CT molecular complexity index is 1330. The first kappa shape index (κ1) is 29.8. The maximum Gasteiger partial charge on any atom is 0.310 e. The lowest BCUT2D eigenvalue weighted by atomic mass is 9.65. The maximum absolute atomic E-state index is 14.8. The molecule has 3 heterocycles. The van der Waals surface area contributed by atoms with Crippen molar-refractivity contribution in [2.45, 2.75) is 63.3 Å². The fraction of sp³-hybridized carbons (Fsp3) is 0.485. The van der Waals surface area contributed by atoms with Crippen molar-refractivity contribution in [1.82, 2.24) is 4.90 Å². The molecule has 3 saturated heterocycles. The molecule has 2 aromatic rings. The van der Waals surface area contributed by atoms with Gasteiger partial charge in [-0.1, -0.05) is 43.3 Å². The van der Waals surface area contributed by atoms with E-state index in [1.54, 1.807) is 23.1 Å². The summed E-state index contributed by atoms with van der Waals surface area (Å²) in [6, 6.07) is 14.8. The van der Waals surface area contributed by atoms with E-state index >= 15 is 0 Å². The number of ether oxygens (including phenoxy) is 1. The van der Waals surface area contributed by atoms with Crippen LogP contribution < -0.4 is 9.80 Å². The van der Waals surface area contributed by atoms with E-state index in [0.717, 1.165) is 18.8 Å². The Hall–Kier alpha value is -3.69. The number of aliphatic carboxylic acids is 1. The first-order valence-corrected chi connectivity index (χ1v) is 14.9. The van der Waals surface area contributed by atoms with Gasteiger partial charge in [0.1, 0.15) is 17.6 Å². The van der Waals surface area contributed by atoms with Gasteiger partial charge in [0.25, 0.3) is 5.91 Å². The summed E-state index contributed by atoms with van der Waals surface area (Å²) < 4.78 is 6.70. The number of likely N-dealkylation sites (tertiary alicyclic amines) is 1. The molecule has 2 N–H and O–H groups in total. The molecule has 5 rings (SSSR count). The molecule has 0 radical (unpaired) electrons. The van der Waals surface area contributed by atoms with Crippen molar-refractivity contribution in [2.75, 3.05) is 36.0 Å². The lowest BCUT2D eigenvalue weighted by molar-refractivity contribution is -0.157. The van der Waals surface area contributed by atoms with Gasteiger partial charge in [-0.05, 0) is 62.9 Å². The molecule has 2 amide bonds. The van der Waals surface area contributed by atoms with E-state index in [0.29, 0.717) is 30.5 Å². The highest BCUT2D eigenvalue weighted by molar-refractivity contribution is 6.05. The molecule has 3 aliphatic rings. The van der Waals surface area contributed by atoms with Gasteiger partial charge < -0.3 is 29.6 Å². The fourth-order valence-electron chi connectivity index (χ4n) is 7.71. The lowest BCUT2D eigenvalue weighted by Gasteiger charge is -2.39. The van der Waals surface area contributed by atoms with Crippen LogP contribution in [0, 0.1) is 11.8 Å². The van der Waals surface area contributed by atoms with Crippen LogP contribution in [0.3, 0.4) is 0 Å². The average Bonchev–Trinajstić information content (AvgIpc) is 3.61. The normalized spacial score (nSPS) is 28.4. The molecule has 224 valence electrons. The van der Waals surface area contributed by atoms with Crippen LogP contribution in [0.5, 0.6) is 0 Å². The number of aliphatic hydroxyl groups is 1. The first-order chi connectivity index (χ1) is 20.2. The molecule has 0 aromatic heterocycles. The van der Waals surface area contributed by atoms with Crippen LogP contribution in [0.1, 0.15) is 51.6 Å². The molecule has 6 atom stereocenters. The van der Waals surface area contributed by atoms with Crippen LogP contribution in [0.2, 0.25) is 0 Å². The van der Waals surface area contributed by atoms with Crippen molar-refractivity contribution in [3.63, 3.8) is 0 Å². The second-order valence-electron chi connectivity index (χ2n) is 11.5. The van der Waals surface area contributed by atoms with Crippen molar-refractivity contribution in [1.29, 1.82) is 0 Å². The molecule has 2 aromatic carbocycles. The molecule has 2 unspecified atom stereocenters. The Labute approximate surface area is 247 Å². The predicted octanol–water partition coefficient (Wildman–Crippen LogP) is 4.02. The minimum absolute atomic E-state index is 0.180. The third-order valence-corrected chi connectivity index (χ3v) is 9.68. The zero-order valence-corrected chi connectivity index (χ0v) is 24.6. The van der Waals surface area contributed by atoms with Gasteiger partial charge in [0.2, 0.25) is 5.91 Å². The summed E-state index contributed by atoms with van der Waals surface area (Å²) in [5.74, 6) is -4.06. The standard InChI is InChI=1S/C33H41N3O6/c1-5-20-35(24-16-14-23(15-17-24)34(7-3)8-4)30(39)28-33-19-18-32(6-2,42-33)27(31(40)41)26(33)29(38)36(28)25(21-37)22-12-10-9-11-13-22/h5,9-17,25-28,37H,1,6-8,18-21H2,2-4H3,(H,40,41)/t25-,26+,27+,28?,32-,33?/m1/s1. The Kier molecular flexibility index (Phi) is 8.18. The van der Waals surface area contributed by atoms with E-state index in [9.17, 15) is 24.6 Å². The number of aliphatic hydroxyl groups excluding tert-OH is 1. The summed E-state index contributed by atoms with van der Waals surface area (Å²) in [5, 5.41) is 21.0. The number of carboxylic acid groups (broad SMARTS) is 1. The maximum atomic E-state index is 14.8. The van der Waals surface area contributed by atoms with E-state index in [1.807, 2.05) is 49.4 Å². The smallest absolute Gasteiger partial charge is 0.310 e. The van der Waals surface area contributed by atoms with Gasteiger partial charge in [0.05, 0.1) is 24.2 Å². The summed E-state index contributed by atoms with van der Waals surface area (Å²) in [5.41, 5.74) is -0.0190. The molecular weight excluding hydrogens is 534 g/mol. The van der Waals surface area contributed by atoms with Crippen LogP contribution in [0.25, 0.3) is 0 Å². The summed E-state index contributed by atoms with van der Waals surface area (Å²) in [6.45, 7) is 11.4. The highest BCUT2D eigenvalue weighted by atomic mass is 16.5. The van der Waals surface area contributed by atoms with E-state index in [-0.39, 0.29) is 12.5 Å². The molecule has 42 heavy (non-hydrogen) atoms.